The zero-order valence-electron chi connectivity index (χ0n) is 17.9. The summed E-state index contributed by atoms with van der Waals surface area (Å²) in [7, 11) is 1.56. The van der Waals surface area contributed by atoms with E-state index in [4.69, 9.17) is 9.47 Å². The number of ether oxygens (including phenoxy) is 2. The molecule has 1 heterocycles. The van der Waals surface area contributed by atoms with E-state index in [0.29, 0.717) is 40.4 Å². The smallest absolute Gasteiger partial charge is 0.298 e. The Bertz CT molecular complexity index is 999. The monoisotopic (exact) mass is 425 g/mol. The molecule has 3 rings (SSSR count). The van der Waals surface area contributed by atoms with Crippen LogP contribution in [0.1, 0.15) is 48.1 Å². The fourth-order valence-electron chi connectivity index (χ4n) is 2.69. The lowest BCUT2D eigenvalue weighted by molar-refractivity contribution is 0.0930. The van der Waals surface area contributed by atoms with Gasteiger partial charge in [0.05, 0.1) is 7.11 Å². The molecule has 30 heavy (non-hydrogen) atoms. The molecule has 1 N–H and O–H groups in total. The van der Waals surface area contributed by atoms with Gasteiger partial charge in [0.25, 0.3) is 11.1 Å². The molecule has 0 aliphatic carbocycles. The predicted molar refractivity (Wildman–Crippen MR) is 119 cm³/mol. The lowest BCUT2D eigenvalue weighted by atomic mass is 10.1. The Morgan fingerprint density at radius 1 is 1.10 bits per heavy atom. The minimum atomic E-state index is -0.152. The minimum Gasteiger partial charge on any atom is -0.493 e. The largest absolute Gasteiger partial charge is 0.493 e. The van der Waals surface area contributed by atoms with E-state index < -0.39 is 0 Å². The molecule has 0 aliphatic heterocycles. The second-order valence-corrected chi connectivity index (χ2v) is 8.33. The first-order valence-electron chi connectivity index (χ1n) is 9.90. The van der Waals surface area contributed by atoms with Crippen LogP contribution >= 0.6 is 11.5 Å². The zero-order valence-corrected chi connectivity index (χ0v) is 18.7. The fourth-order valence-corrected chi connectivity index (χ4v) is 3.25. The Hall–Kier alpha value is -2.93. The highest BCUT2D eigenvalue weighted by Crippen LogP contribution is 2.33. The summed E-state index contributed by atoms with van der Waals surface area (Å²) in [5, 5.41) is 3.40. The van der Waals surface area contributed by atoms with Crippen LogP contribution in [0.3, 0.4) is 0 Å². The first-order chi connectivity index (χ1) is 14.4. The van der Waals surface area contributed by atoms with Crippen molar-refractivity contribution in [1.29, 1.82) is 0 Å². The third-order valence-electron chi connectivity index (χ3n) is 4.91. The maximum atomic E-state index is 12.6. The number of nitrogens with zero attached hydrogens (tertiary/aromatic N) is 2. The van der Waals surface area contributed by atoms with Crippen molar-refractivity contribution in [3.63, 3.8) is 0 Å². The minimum absolute atomic E-state index is 0.0662. The number of aryl methyl sites for hydroxylation is 1. The molecule has 1 atom stereocenters. The number of methoxy groups -OCH3 is 1. The molecule has 7 heteroatoms. The molecule has 3 aromatic rings. The Morgan fingerprint density at radius 3 is 2.50 bits per heavy atom. The number of benzene rings is 2. The molecular formula is C23H27N3O3S. The van der Waals surface area contributed by atoms with Crippen LogP contribution in [0.15, 0.2) is 42.5 Å². The molecule has 0 radical (unpaired) electrons. The Labute approximate surface area is 181 Å². The van der Waals surface area contributed by atoms with Crippen LogP contribution in [0.4, 0.5) is 0 Å². The van der Waals surface area contributed by atoms with Gasteiger partial charge in [-0.2, -0.15) is 9.36 Å². The van der Waals surface area contributed by atoms with Gasteiger partial charge in [-0.15, -0.1) is 0 Å². The summed E-state index contributed by atoms with van der Waals surface area (Å²) in [6.45, 7) is 8.18. The third kappa shape index (κ3) is 5.57. The van der Waals surface area contributed by atoms with E-state index in [2.05, 4.69) is 59.7 Å². The van der Waals surface area contributed by atoms with E-state index in [1.54, 1.807) is 25.3 Å². The highest BCUT2D eigenvalue weighted by Gasteiger charge is 2.17. The normalized spacial score (nSPS) is 11.9. The van der Waals surface area contributed by atoms with Crippen molar-refractivity contribution in [2.24, 2.45) is 5.92 Å². The van der Waals surface area contributed by atoms with E-state index in [-0.39, 0.29) is 11.9 Å². The van der Waals surface area contributed by atoms with Gasteiger partial charge in [0.1, 0.15) is 0 Å². The third-order valence-corrected chi connectivity index (χ3v) is 5.55. The van der Waals surface area contributed by atoms with Gasteiger partial charge < -0.3 is 14.8 Å². The molecule has 1 amide bonds. The van der Waals surface area contributed by atoms with Crippen LogP contribution in [0.2, 0.25) is 0 Å². The van der Waals surface area contributed by atoms with Gasteiger partial charge >= 0.3 is 0 Å². The Kier molecular flexibility index (Phi) is 7.05. The number of carbonyl (C=O) groups is 1. The Balaban J connectivity index is 1.74. The SMILES string of the molecule is COc1ccc(C(=O)NC(C)C(C)C)cc1Oc1nc(Cc2ccc(C)cc2)ns1. The first-order valence-corrected chi connectivity index (χ1v) is 10.7. The number of hydrogen-bond donors (Lipinski definition) is 1. The van der Waals surface area contributed by atoms with Crippen molar-refractivity contribution < 1.29 is 14.3 Å². The number of rotatable bonds is 8. The molecular weight excluding hydrogens is 398 g/mol. The number of hydrogen-bond acceptors (Lipinski definition) is 6. The number of carbonyl (C=O) groups excluding carboxylic acids is 1. The van der Waals surface area contributed by atoms with Crippen LogP contribution in [0.5, 0.6) is 16.7 Å². The predicted octanol–water partition coefficient (Wildman–Crippen LogP) is 5.01. The van der Waals surface area contributed by atoms with Crippen molar-refractivity contribution in [3.8, 4) is 16.7 Å². The second kappa shape index (κ2) is 9.71. The Morgan fingerprint density at radius 2 is 1.83 bits per heavy atom. The molecule has 2 aromatic carbocycles. The lowest BCUT2D eigenvalue weighted by Gasteiger charge is -2.18. The summed E-state index contributed by atoms with van der Waals surface area (Å²) in [5.74, 6) is 1.84. The van der Waals surface area contributed by atoms with Gasteiger partial charge in [-0.3, -0.25) is 4.79 Å². The summed E-state index contributed by atoms with van der Waals surface area (Å²) in [6, 6.07) is 13.5. The average molecular weight is 426 g/mol. The number of nitrogens with one attached hydrogen (secondary N) is 1. The zero-order chi connectivity index (χ0) is 21.7. The van der Waals surface area contributed by atoms with E-state index >= 15 is 0 Å². The first kappa shape index (κ1) is 21.8. The van der Waals surface area contributed by atoms with Gasteiger partial charge in [-0.25, -0.2) is 0 Å². The molecule has 158 valence electrons. The van der Waals surface area contributed by atoms with Crippen LogP contribution in [-0.4, -0.2) is 28.4 Å². The topological polar surface area (TPSA) is 73.3 Å². The molecule has 0 saturated carbocycles. The van der Waals surface area contributed by atoms with Crippen molar-refractivity contribution in [3.05, 3.63) is 65.0 Å². The van der Waals surface area contributed by atoms with E-state index in [0.717, 1.165) is 5.56 Å². The highest BCUT2D eigenvalue weighted by molar-refractivity contribution is 7.07. The molecule has 1 unspecified atom stereocenters. The van der Waals surface area contributed by atoms with Crippen molar-refractivity contribution in [2.75, 3.05) is 7.11 Å². The van der Waals surface area contributed by atoms with Crippen molar-refractivity contribution >= 4 is 17.4 Å². The molecule has 0 spiro atoms. The van der Waals surface area contributed by atoms with Crippen LogP contribution in [0, 0.1) is 12.8 Å². The van der Waals surface area contributed by atoms with Gasteiger partial charge in [0.2, 0.25) is 0 Å². The van der Waals surface area contributed by atoms with Crippen LogP contribution in [-0.2, 0) is 6.42 Å². The maximum Gasteiger partial charge on any atom is 0.298 e. The van der Waals surface area contributed by atoms with Crippen molar-refractivity contribution in [2.45, 2.75) is 40.2 Å². The van der Waals surface area contributed by atoms with Gasteiger partial charge in [-0.05, 0) is 43.5 Å². The van der Waals surface area contributed by atoms with Gasteiger partial charge in [-0.1, -0.05) is 43.7 Å². The standard InChI is InChI=1S/C23H27N3O3S/c1-14(2)16(4)24-22(27)18-10-11-19(28-5)20(13-18)29-23-25-21(26-30-23)12-17-8-6-15(3)7-9-17/h6-11,13-14,16H,12H2,1-5H3,(H,24,27). The van der Waals surface area contributed by atoms with E-state index in [1.807, 2.05) is 6.92 Å². The molecule has 0 bridgehead atoms. The second-order valence-electron chi connectivity index (χ2n) is 7.61. The summed E-state index contributed by atoms with van der Waals surface area (Å²) >= 11 is 1.18. The molecule has 6 nitrogen and oxygen atoms in total. The molecule has 1 aromatic heterocycles. The maximum absolute atomic E-state index is 12.6. The van der Waals surface area contributed by atoms with Crippen LogP contribution < -0.4 is 14.8 Å². The fraction of sp³-hybridized carbons (Fsp3) is 0.348. The molecule has 0 saturated heterocycles. The summed E-state index contributed by atoms with van der Waals surface area (Å²) in [6.07, 6.45) is 0.632. The van der Waals surface area contributed by atoms with Crippen molar-refractivity contribution in [1.82, 2.24) is 14.7 Å². The summed E-state index contributed by atoms with van der Waals surface area (Å²) in [4.78, 5) is 17.0. The molecule has 0 aliphatic rings. The van der Waals surface area contributed by atoms with Gasteiger partial charge in [0, 0.05) is 29.6 Å². The number of amides is 1. The van der Waals surface area contributed by atoms with E-state index in [9.17, 15) is 4.79 Å². The quantitative estimate of drug-likeness (QED) is 0.549. The lowest BCUT2D eigenvalue weighted by Crippen LogP contribution is -2.36. The molecule has 0 fully saturated rings. The van der Waals surface area contributed by atoms with Crippen LogP contribution in [0.25, 0.3) is 0 Å². The van der Waals surface area contributed by atoms with E-state index in [1.165, 1.54) is 17.1 Å². The summed E-state index contributed by atoms with van der Waals surface area (Å²) in [5.41, 5.74) is 2.86. The highest BCUT2D eigenvalue weighted by atomic mass is 32.1. The average Bonchev–Trinajstić information content (AvgIpc) is 3.16. The number of aromatic nitrogens is 2. The van der Waals surface area contributed by atoms with Gasteiger partial charge in [0.15, 0.2) is 17.3 Å². The summed E-state index contributed by atoms with van der Waals surface area (Å²) < 4.78 is 15.7.